The Bertz CT molecular complexity index is 301. The summed E-state index contributed by atoms with van der Waals surface area (Å²) in [5.41, 5.74) is 6.27. The van der Waals surface area contributed by atoms with Crippen molar-refractivity contribution in [2.45, 2.75) is 13.0 Å². The van der Waals surface area contributed by atoms with Gasteiger partial charge in [-0.05, 0) is 12.0 Å². The number of aliphatic hydroxyl groups excluding tert-OH is 1. The van der Waals surface area contributed by atoms with E-state index in [0.717, 1.165) is 5.56 Å². The average Bonchev–Trinajstić information content (AvgIpc) is 2.25. The Kier molecular flexibility index (Phi) is 4.63. The molecular formula is C11H16N2O2. The quantitative estimate of drug-likeness (QED) is 0.756. The van der Waals surface area contributed by atoms with Gasteiger partial charge in [-0.15, -0.1) is 0 Å². The predicted molar refractivity (Wildman–Crippen MR) is 58.1 cm³/mol. The number of rotatable bonds is 5. The van der Waals surface area contributed by atoms with Crippen LogP contribution >= 0.6 is 0 Å². The van der Waals surface area contributed by atoms with Crippen LogP contribution in [0.1, 0.15) is 12.0 Å². The van der Waals surface area contributed by atoms with E-state index in [1.807, 2.05) is 30.3 Å². The van der Waals surface area contributed by atoms with Crippen LogP contribution in [0.3, 0.4) is 0 Å². The topological polar surface area (TPSA) is 66.6 Å². The summed E-state index contributed by atoms with van der Waals surface area (Å²) < 4.78 is 0. The summed E-state index contributed by atoms with van der Waals surface area (Å²) in [5.74, 6) is 0. The molecule has 0 saturated carbocycles. The number of benzene rings is 1. The van der Waals surface area contributed by atoms with Crippen LogP contribution in [0, 0.1) is 0 Å². The number of amides is 2. The van der Waals surface area contributed by atoms with Crippen molar-refractivity contribution in [3.05, 3.63) is 35.9 Å². The number of urea groups is 1. The van der Waals surface area contributed by atoms with Gasteiger partial charge in [0.15, 0.2) is 0 Å². The predicted octanol–water partition coefficient (Wildman–Crippen LogP) is 0.950. The van der Waals surface area contributed by atoms with E-state index in [2.05, 4.69) is 0 Å². The molecule has 0 bridgehead atoms. The molecule has 0 radical (unpaired) electrons. The Balaban J connectivity index is 2.55. The van der Waals surface area contributed by atoms with E-state index in [1.165, 1.54) is 4.90 Å². The Hall–Kier alpha value is -1.55. The lowest BCUT2D eigenvalue weighted by Crippen LogP contribution is -2.36. The molecule has 2 amide bonds. The van der Waals surface area contributed by atoms with Gasteiger partial charge in [0.05, 0.1) is 0 Å². The molecule has 1 aromatic carbocycles. The third-order valence-electron chi connectivity index (χ3n) is 2.11. The number of hydrogen-bond donors (Lipinski definition) is 2. The Morgan fingerprint density at radius 3 is 2.53 bits per heavy atom. The molecule has 0 fully saturated rings. The lowest BCUT2D eigenvalue weighted by molar-refractivity contribution is 0.195. The summed E-state index contributed by atoms with van der Waals surface area (Å²) in [4.78, 5) is 12.6. The van der Waals surface area contributed by atoms with Crippen LogP contribution in [0.15, 0.2) is 30.3 Å². The highest BCUT2D eigenvalue weighted by Gasteiger charge is 2.08. The number of hydrogen-bond acceptors (Lipinski definition) is 2. The third-order valence-corrected chi connectivity index (χ3v) is 2.11. The van der Waals surface area contributed by atoms with Gasteiger partial charge < -0.3 is 15.7 Å². The molecule has 1 aromatic rings. The van der Waals surface area contributed by atoms with Gasteiger partial charge in [0.1, 0.15) is 0 Å². The number of carbonyl (C=O) groups excluding carboxylic acids is 1. The van der Waals surface area contributed by atoms with Crippen LogP contribution in [0.4, 0.5) is 4.79 Å². The zero-order chi connectivity index (χ0) is 11.1. The van der Waals surface area contributed by atoms with E-state index < -0.39 is 6.03 Å². The van der Waals surface area contributed by atoms with Crippen LogP contribution < -0.4 is 5.73 Å². The molecular weight excluding hydrogens is 192 g/mol. The van der Waals surface area contributed by atoms with Crippen molar-refractivity contribution in [3.8, 4) is 0 Å². The van der Waals surface area contributed by atoms with Crippen molar-refractivity contribution < 1.29 is 9.90 Å². The number of primary amides is 1. The van der Waals surface area contributed by atoms with Crippen molar-refractivity contribution >= 4 is 6.03 Å². The molecule has 0 atom stereocenters. The highest BCUT2D eigenvalue weighted by molar-refractivity contribution is 5.71. The summed E-state index contributed by atoms with van der Waals surface area (Å²) >= 11 is 0. The van der Waals surface area contributed by atoms with Gasteiger partial charge in [-0.2, -0.15) is 0 Å². The molecule has 0 heterocycles. The fraction of sp³-hybridized carbons (Fsp3) is 0.364. The molecule has 0 aliphatic rings. The maximum absolute atomic E-state index is 11.1. The minimum absolute atomic E-state index is 0.0680. The molecule has 0 aromatic heterocycles. The van der Waals surface area contributed by atoms with Crippen molar-refractivity contribution in [2.75, 3.05) is 13.2 Å². The lowest BCUT2D eigenvalue weighted by Gasteiger charge is -2.19. The second kappa shape index (κ2) is 6.03. The van der Waals surface area contributed by atoms with Crippen molar-refractivity contribution in [1.29, 1.82) is 0 Å². The summed E-state index contributed by atoms with van der Waals surface area (Å²) in [6, 6.07) is 9.18. The van der Waals surface area contributed by atoms with E-state index >= 15 is 0 Å². The normalized spacial score (nSPS) is 9.93. The first-order chi connectivity index (χ1) is 7.24. The Morgan fingerprint density at radius 2 is 2.00 bits per heavy atom. The van der Waals surface area contributed by atoms with Gasteiger partial charge in [-0.25, -0.2) is 4.79 Å². The van der Waals surface area contributed by atoms with E-state index in [1.54, 1.807) is 0 Å². The highest BCUT2D eigenvalue weighted by atomic mass is 16.3. The third kappa shape index (κ3) is 3.99. The smallest absolute Gasteiger partial charge is 0.315 e. The molecule has 4 nitrogen and oxygen atoms in total. The van der Waals surface area contributed by atoms with Gasteiger partial charge in [-0.1, -0.05) is 30.3 Å². The first kappa shape index (κ1) is 11.5. The molecule has 1 rings (SSSR count). The average molecular weight is 208 g/mol. The molecule has 15 heavy (non-hydrogen) atoms. The Morgan fingerprint density at radius 1 is 1.33 bits per heavy atom. The molecule has 82 valence electrons. The molecule has 0 unspecified atom stereocenters. The largest absolute Gasteiger partial charge is 0.396 e. The van der Waals surface area contributed by atoms with E-state index in [9.17, 15) is 4.79 Å². The number of nitrogens with two attached hydrogens (primary N) is 1. The zero-order valence-corrected chi connectivity index (χ0v) is 8.60. The fourth-order valence-electron chi connectivity index (χ4n) is 1.33. The maximum Gasteiger partial charge on any atom is 0.315 e. The fourth-order valence-corrected chi connectivity index (χ4v) is 1.33. The van der Waals surface area contributed by atoms with Gasteiger partial charge in [0.2, 0.25) is 0 Å². The summed E-state index contributed by atoms with van der Waals surface area (Å²) in [6.07, 6.45) is 0.551. The lowest BCUT2D eigenvalue weighted by atomic mass is 10.2. The molecule has 0 aliphatic heterocycles. The molecule has 0 spiro atoms. The Labute approximate surface area is 89.3 Å². The second-order valence-corrected chi connectivity index (χ2v) is 3.32. The standard InChI is InChI=1S/C11H16N2O2/c12-11(15)13(7-4-8-14)9-10-5-2-1-3-6-10/h1-3,5-6,14H,4,7-9H2,(H2,12,15). The van der Waals surface area contributed by atoms with Crippen LogP contribution in [-0.2, 0) is 6.54 Å². The van der Waals surface area contributed by atoms with Gasteiger partial charge in [0.25, 0.3) is 0 Å². The summed E-state index contributed by atoms with van der Waals surface area (Å²) in [7, 11) is 0. The van der Waals surface area contributed by atoms with Gasteiger partial charge in [-0.3, -0.25) is 0 Å². The van der Waals surface area contributed by atoms with E-state index in [4.69, 9.17) is 10.8 Å². The molecule has 3 N–H and O–H groups in total. The number of aliphatic hydroxyl groups is 1. The van der Waals surface area contributed by atoms with Crippen LogP contribution in [0.5, 0.6) is 0 Å². The summed E-state index contributed by atoms with van der Waals surface area (Å²) in [6.45, 7) is 1.05. The first-order valence-electron chi connectivity index (χ1n) is 4.93. The van der Waals surface area contributed by atoms with Gasteiger partial charge in [0, 0.05) is 19.7 Å². The minimum atomic E-state index is -0.452. The highest BCUT2D eigenvalue weighted by Crippen LogP contribution is 2.04. The van der Waals surface area contributed by atoms with E-state index in [-0.39, 0.29) is 6.61 Å². The molecule has 4 heteroatoms. The second-order valence-electron chi connectivity index (χ2n) is 3.32. The first-order valence-corrected chi connectivity index (χ1v) is 4.93. The molecule has 0 saturated heterocycles. The maximum atomic E-state index is 11.1. The van der Waals surface area contributed by atoms with Crippen LogP contribution in [0.2, 0.25) is 0 Å². The van der Waals surface area contributed by atoms with Crippen LogP contribution in [-0.4, -0.2) is 29.2 Å². The van der Waals surface area contributed by atoms with Crippen molar-refractivity contribution in [1.82, 2.24) is 4.90 Å². The number of carbonyl (C=O) groups is 1. The van der Waals surface area contributed by atoms with Gasteiger partial charge >= 0.3 is 6.03 Å². The minimum Gasteiger partial charge on any atom is -0.396 e. The van der Waals surface area contributed by atoms with E-state index in [0.29, 0.717) is 19.5 Å². The number of nitrogens with zero attached hydrogens (tertiary/aromatic N) is 1. The zero-order valence-electron chi connectivity index (χ0n) is 8.60. The summed E-state index contributed by atoms with van der Waals surface area (Å²) in [5, 5.41) is 8.68. The van der Waals surface area contributed by atoms with Crippen molar-refractivity contribution in [2.24, 2.45) is 5.73 Å². The SMILES string of the molecule is NC(=O)N(CCCO)Cc1ccccc1. The van der Waals surface area contributed by atoms with Crippen molar-refractivity contribution in [3.63, 3.8) is 0 Å². The van der Waals surface area contributed by atoms with Crippen LogP contribution in [0.25, 0.3) is 0 Å². The monoisotopic (exact) mass is 208 g/mol. The molecule has 0 aliphatic carbocycles.